The van der Waals surface area contributed by atoms with E-state index in [1.807, 2.05) is 6.92 Å². The monoisotopic (exact) mass is 643 g/mol. The standard InChI is InChI=1S/C28H29Cl4N3O4S/c1-17(2)33-28(37)19(4)34(15-20-7-8-21(29)13-25(20)31)27(36)16-35(22-9-12-24(30)26(32)14-22)40(38,39)23-10-5-18(3)6-11-23/h5-14,17,19H,15-16H2,1-4H3,(H,33,37)/t19-/m1/s1. The van der Waals surface area contributed by atoms with E-state index in [1.165, 1.54) is 41.3 Å². The molecule has 12 heteroatoms. The van der Waals surface area contributed by atoms with Crippen molar-refractivity contribution in [2.24, 2.45) is 0 Å². The molecule has 0 saturated heterocycles. The number of sulfonamides is 1. The van der Waals surface area contributed by atoms with Gasteiger partial charge in [-0.05, 0) is 75.7 Å². The highest BCUT2D eigenvalue weighted by Crippen LogP contribution is 2.31. The van der Waals surface area contributed by atoms with Crippen molar-refractivity contribution in [3.63, 3.8) is 0 Å². The van der Waals surface area contributed by atoms with Gasteiger partial charge in [0, 0.05) is 22.6 Å². The first-order valence-corrected chi connectivity index (χ1v) is 15.2. The highest BCUT2D eigenvalue weighted by molar-refractivity contribution is 7.92. The van der Waals surface area contributed by atoms with Crippen LogP contribution in [0.4, 0.5) is 5.69 Å². The molecule has 3 rings (SSSR count). The van der Waals surface area contributed by atoms with Gasteiger partial charge in [0.15, 0.2) is 0 Å². The Bertz CT molecular complexity index is 1500. The van der Waals surface area contributed by atoms with Gasteiger partial charge in [-0.2, -0.15) is 0 Å². The third kappa shape index (κ3) is 7.83. The molecule has 0 bridgehead atoms. The SMILES string of the molecule is Cc1ccc(S(=O)(=O)N(CC(=O)N(Cc2ccc(Cl)cc2Cl)[C@H](C)C(=O)NC(C)C)c2ccc(Cl)c(Cl)c2)cc1. The maximum absolute atomic E-state index is 13.9. The predicted octanol–water partition coefficient (Wildman–Crippen LogP) is 6.75. The summed E-state index contributed by atoms with van der Waals surface area (Å²) in [5.41, 5.74) is 1.53. The van der Waals surface area contributed by atoms with Crippen LogP contribution in [0.25, 0.3) is 0 Å². The van der Waals surface area contributed by atoms with Crippen molar-refractivity contribution < 1.29 is 18.0 Å². The van der Waals surface area contributed by atoms with Crippen LogP contribution in [0.2, 0.25) is 20.1 Å². The summed E-state index contributed by atoms with van der Waals surface area (Å²) in [5, 5.41) is 3.85. The Kier molecular flexibility index (Phi) is 10.8. The van der Waals surface area contributed by atoms with E-state index in [-0.39, 0.29) is 33.2 Å². The summed E-state index contributed by atoms with van der Waals surface area (Å²) in [7, 11) is -4.24. The van der Waals surface area contributed by atoms with Gasteiger partial charge in [0.25, 0.3) is 10.0 Å². The van der Waals surface area contributed by atoms with E-state index < -0.39 is 34.4 Å². The van der Waals surface area contributed by atoms with Gasteiger partial charge in [0.05, 0.1) is 20.6 Å². The van der Waals surface area contributed by atoms with Gasteiger partial charge in [-0.25, -0.2) is 8.42 Å². The minimum atomic E-state index is -4.24. The van der Waals surface area contributed by atoms with Crippen molar-refractivity contribution in [3.05, 3.63) is 91.9 Å². The van der Waals surface area contributed by atoms with Crippen molar-refractivity contribution in [3.8, 4) is 0 Å². The number of rotatable bonds is 10. The summed E-state index contributed by atoms with van der Waals surface area (Å²) in [6, 6.07) is 14.2. The third-order valence-corrected chi connectivity index (χ3v) is 9.15. The third-order valence-electron chi connectivity index (χ3n) is 6.03. The summed E-state index contributed by atoms with van der Waals surface area (Å²) in [5.74, 6) is -1.05. The van der Waals surface area contributed by atoms with Crippen LogP contribution in [0.3, 0.4) is 0 Å². The average molecular weight is 645 g/mol. The van der Waals surface area contributed by atoms with Crippen LogP contribution in [0.15, 0.2) is 65.6 Å². The molecule has 0 aliphatic rings. The van der Waals surface area contributed by atoms with Crippen LogP contribution in [0, 0.1) is 6.92 Å². The van der Waals surface area contributed by atoms with E-state index >= 15 is 0 Å². The molecule has 7 nitrogen and oxygen atoms in total. The Morgan fingerprint density at radius 3 is 2.08 bits per heavy atom. The molecule has 1 atom stereocenters. The molecule has 3 aromatic rings. The molecule has 0 radical (unpaired) electrons. The van der Waals surface area contributed by atoms with Crippen molar-refractivity contribution in [2.45, 2.75) is 51.2 Å². The number of carbonyl (C=O) groups is 2. The molecule has 40 heavy (non-hydrogen) atoms. The number of hydrogen-bond donors (Lipinski definition) is 1. The Hall–Kier alpha value is -2.49. The molecule has 0 heterocycles. The fourth-order valence-corrected chi connectivity index (χ4v) is 5.99. The van der Waals surface area contributed by atoms with E-state index in [1.54, 1.807) is 45.0 Å². The summed E-state index contributed by atoms with van der Waals surface area (Å²) in [6.45, 7) is 6.30. The Labute approximate surface area is 255 Å². The number of anilines is 1. The van der Waals surface area contributed by atoms with Crippen molar-refractivity contribution >= 4 is 73.9 Å². The molecule has 0 saturated carbocycles. The highest BCUT2D eigenvalue weighted by Gasteiger charge is 2.33. The fourth-order valence-electron chi connectivity index (χ4n) is 3.83. The number of nitrogens with zero attached hydrogens (tertiary/aromatic N) is 2. The smallest absolute Gasteiger partial charge is 0.264 e. The molecular weight excluding hydrogens is 616 g/mol. The van der Waals surface area contributed by atoms with Crippen LogP contribution in [0.1, 0.15) is 31.9 Å². The van der Waals surface area contributed by atoms with E-state index in [2.05, 4.69) is 5.32 Å². The second kappa shape index (κ2) is 13.4. The number of halogens is 4. The zero-order chi connectivity index (χ0) is 29.8. The van der Waals surface area contributed by atoms with Gasteiger partial charge >= 0.3 is 0 Å². The summed E-state index contributed by atoms with van der Waals surface area (Å²) in [4.78, 5) is 28.2. The molecule has 0 aromatic heterocycles. The number of aryl methyl sites for hydroxylation is 1. The first-order chi connectivity index (χ1) is 18.7. The second-order valence-corrected chi connectivity index (χ2v) is 13.0. The lowest BCUT2D eigenvalue weighted by Gasteiger charge is -2.32. The lowest BCUT2D eigenvalue weighted by Crippen LogP contribution is -2.52. The normalized spacial score (nSPS) is 12.2. The lowest BCUT2D eigenvalue weighted by molar-refractivity contribution is -0.139. The number of carbonyl (C=O) groups excluding carboxylic acids is 2. The summed E-state index contributed by atoms with van der Waals surface area (Å²) >= 11 is 24.7. The molecular formula is C28H29Cl4N3O4S. The number of amides is 2. The number of nitrogens with one attached hydrogen (secondary N) is 1. The molecule has 1 N–H and O–H groups in total. The highest BCUT2D eigenvalue weighted by atomic mass is 35.5. The second-order valence-electron chi connectivity index (χ2n) is 9.52. The first kappa shape index (κ1) is 32.0. The lowest BCUT2D eigenvalue weighted by atomic mass is 10.1. The predicted molar refractivity (Wildman–Crippen MR) is 162 cm³/mol. The molecule has 0 spiro atoms. The number of hydrogen-bond acceptors (Lipinski definition) is 4. The van der Waals surface area contributed by atoms with Gasteiger partial charge in [0.1, 0.15) is 12.6 Å². The summed E-state index contributed by atoms with van der Waals surface area (Å²) < 4.78 is 28.7. The van der Waals surface area contributed by atoms with E-state index in [0.29, 0.717) is 15.6 Å². The van der Waals surface area contributed by atoms with Crippen LogP contribution in [-0.2, 0) is 26.2 Å². The fraction of sp³-hybridized carbons (Fsp3) is 0.286. The van der Waals surface area contributed by atoms with Crippen molar-refractivity contribution in [1.82, 2.24) is 10.2 Å². The minimum Gasteiger partial charge on any atom is -0.352 e. The quantitative estimate of drug-likeness (QED) is 0.265. The maximum Gasteiger partial charge on any atom is 0.264 e. The van der Waals surface area contributed by atoms with E-state index in [0.717, 1.165) is 9.87 Å². The zero-order valence-electron chi connectivity index (χ0n) is 22.3. The maximum atomic E-state index is 13.9. The molecule has 0 aliphatic carbocycles. The van der Waals surface area contributed by atoms with Gasteiger partial charge in [-0.15, -0.1) is 0 Å². The van der Waals surface area contributed by atoms with Crippen molar-refractivity contribution in [2.75, 3.05) is 10.8 Å². The molecule has 214 valence electrons. The topological polar surface area (TPSA) is 86.8 Å². The van der Waals surface area contributed by atoms with Crippen LogP contribution in [0.5, 0.6) is 0 Å². The van der Waals surface area contributed by atoms with Crippen molar-refractivity contribution in [1.29, 1.82) is 0 Å². The van der Waals surface area contributed by atoms with E-state index in [9.17, 15) is 18.0 Å². The van der Waals surface area contributed by atoms with Gasteiger partial charge in [-0.3, -0.25) is 13.9 Å². The van der Waals surface area contributed by atoms with Crippen LogP contribution < -0.4 is 9.62 Å². The Balaban J connectivity index is 2.08. The molecule has 3 aromatic carbocycles. The molecule has 2 amide bonds. The Morgan fingerprint density at radius 1 is 0.850 bits per heavy atom. The number of benzene rings is 3. The Morgan fingerprint density at radius 2 is 1.50 bits per heavy atom. The molecule has 0 unspecified atom stereocenters. The van der Waals surface area contributed by atoms with Gasteiger partial charge in [-0.1, -0.05) is 70.2 Å². The van der Waals surface area contributed by atoms with Crippen LogP contribution >= 0.6 is 46.4 Å². The molecule has 0 fully saturated rings. The zero-order valence-corrected chi connectivity index (χ0v) is 26.1. The average Bonchev–Trinajstić information content (AvgIpc) is 2.87. The first-order valence-electron chi connectivity index (χ1n) is 12.3. The molecule has 0 aliphatic heterocycles. The van der Waals surface area contributed by atoms with Gasteiger partial charge < -0.3 is 10.2 Å². The van der Waals surface area contributed by atoms with Crippen LogP contribution in [-0.4, -0.2) is 43.8 Å². The van der Waals surface area contributed by atoms with Gasteiger partial charge in [0.2, 0.25) is 11.8 Å². The summed E-state index contributed by atoms with van der Waals surface area (Å²) in [6.07, 6.45) is 0. The largest absolute Gasteiger partial charge is 0.352 e. The van der Waals surface area contributed by atoms with E-state index in [4.69, 9.17) is 46.4 Å². The minimum absolute atomic E-state index is 0.0186.